The second-order valence-electron chi connectivity index (χ2n) is 5.95. The number of rotatable bonds is 4. The van der Waals surface area contributed by atoms with E-state index < -0.39 is 0 Å². The summed E-state index contributed by atoms with van der Waals surface area (Å²) >= 11 is 0. The molecule has 0 aliphatic rings. The Kier molecular flexibility index (Phi) is 4.42. The van der Waals surface area contributed by atoms with Gasteiger partial charge >= 0.3 is 5.97 Å². The molecule has 0 saturated carbocycles. The van der Waals surface area contributed by atoms with Crippen LogP contribution in [0.15, 0.2) is 66.7 Å². The summed E-state index contributed by atoms with van der Waals surface area (Å²) in [5.41, 5.74) is 2.13. The molecule has 0 saturated heterocycles. The summed E-state index contributed by atoms with van der Waals surface area (Å²) in [5, 5.41) is 2.41. The Balaban J connectivity index is 1.71. The van der Waals surface area contributed by atoms with E-state index in [0.717, 1.165) is 11.1 Å². The summed E-state index contributed by atoms with van der Waals surface area (Å²) in [7, 11) is 0. The first kappa shape index (κ1) is 15.3. The number of carbonyl (C=O) groups is 1. The van der Waals surface area contributed by atoms with Gasteiger partial charge in [0, 0.05) is 0 Å². The Labute approximate surface area is 136 Å². The molecule has 0 bridgehead atoms. The third-order valence-electron chi connectivity index (χ3n) is 4.13. The van der Waals surface area contributed by atoms with E-state index in [1.54, 1.807) is 0 Å². The van der Waals surface area contributed by atoms with Crippen LogP contribution in [0.3, 0.4) is 0 Å². The average Bonchev–Trinajstić information content (AvgIpc) is 2.56. The molecule has 0 aliphatic carbocycles. The molecule has 0 heterocycles. The van der Waals surface area contributed by atoms with E-state index in [1.165, 1.54) is 10.8 Å². The van der Waals surface area contributed by atoms with Gasteiger partial charge in [-0.05, 0) is 40.8 Å². The molecule has 0 aliphatic heterocycles. The molecule has 0 radical (unpaired) electrons. The van der Waals surface area contributed by atoms with E-state index in [2.05, 4.69) is 37.3 Å². The topological polar surface area (TPSA) is 26.3 Å². The normalized spacial score (nSPS) is 12.1. The molecule has 0 amide bonds. The van der Waals surface area contributed by atoms with E-state index in [9.17, 15) is 4.79 Å². The van der Waals surface area contributed by atoms with Crippen molar-refractivity contribution >= 4 is 16.7 Å². The highest BCUT2D eigenvalue weighted by Crippen LogP contribution is 2.25. The summed E-state index contributed by atoms with van der Waals surface area (Å²) in [4.78, 5) is 12.2. The molecule has 3 aromatic rings. The lowest BCUT2D eigenvalue weighted by atomic mass is 9.95. The minimum Gasteiger partial charge on any atom is -0.426 e. The van der Waals surface area contributed by atoms with Crippen molar-refractivity contribution in [1.82, 2.24) is 0 Å². The second kappa shape index (κ2) is 6.66. The van der Waals surface area contributed by atoms with E-state index >= 15 is 0 Å². The highest BCUT2D eigenvalue weighted by Gasteiger charge is 2.14. The highest BCUT2D eigenvalue weighted by atomic mass is 16.5. The minimum absolute atomic E-state index is 0.121. The first-order chi connectivity index (χ1) is 11.1. The Bertz CT molecular complexity index is 836. The summed E-state index contributed by atoms with van der Waals surface area (Å²) < 4.78 is 5.49. The quantitative estimate of drug-likeness (QED) is 0.486. The minimum atomic E-state index is -0.194. The number of aryl methyl sites for hydroxylation is 1. The third kappa shape index (κ3) is 3.59. The van der Waals surface area contributed by atoms with Crippen LogP contribution in [-0.4, -0.2) is 5.97 Å². The van der Waals surface area contributed by atoms with Gasteiger partial charge in [-0.2, -0.15) is 0 Å². The van der Waals surface area contributed by atoms with Gasteiger partial charge in [0.15, 0.2) is 0 Å². The molecule has 2 heteroatoms. The Hall–Kier alpha value is -2.61. The van der Waals surface area contributed by atoms with Crippen LogP contribution in [0.1, 0.15) is 30.4 Å². The second-order valence-corrected chi connectivity index (χ2v) is 5.95. The van der Waals surface area contributed by atoms with Crippen molar-refractivity contribution in [2.45, 2.75) is 26.2 Å². The molecule has 3 aromatic carbocycles. The largest absolute Gasteiger partial charge is 0.426 e. The summed E-state index contributed by atoms with van der Waals surface area (Å²) in [6.07, 6.45) is 0.368. The monoisotopic (exact) mass is 304 g/mol. The molecule has 0 aromatic heterocycles. The van der Waals surface area contributed by atoms with Crippen LogP contribution in [0.5, 0.6) is 5.75 Å². The van der Waals surface area contributed by atoms with Crippen molar-refractivity contribution in [2.75, 3.05) is 0 Å². The molecule has 0 spiro atoms. The number of fused-ring (bicyclic) bond motifs is 1. The standard InChI is InChI=1S/C21H20O2/c1-15-7-3-6-10-20(15)23-21(22)13-16(2)18-12-11-17-8-4-5-9-19(17)14-18/h3-12,14,16H,13H2,1-2H3. The van der Waals surface area contributed by atoms with Crippen molar-refractivity contribution in [3.8, 4) is 5.75 Å². The molecule has 116 valence electrons. The first-order valence-electron chi connectivity index (χ1n) is 7.88. The number of benzene rings is 3. The molecular weight excluding hydrogens is 284 g/mol. The van der Waals surface area contributed by atoms with Crippen LogP contribution in [0.25, 0.3) is 10.8 Å². The lowest BCUT2D eigenvalue weighted by Crippen LogP contribution is -2.12. The zero-order valence-corrected chi connectivity index (χ0v) is 13.5. The van der Waals surface area contributed by atoms with Crippen LogP contribution >= 0.6 is 0 Å². The number of ether oxygens (including phenoxy) is 1. The number of carbonyl (C=O) groups excluding carboxylic acids is 1. The van der Waals surface area contributed by atoms with Crippen molar-refractivity contribution in [2.24, 2.45) is 0 Å². The lowest BCUT2D eigenvalue weighted by molar-refractivity contribution is -0.134. The van der Waals surface area contributed by atoms with Gasteiger partial charge in [0.2, 0.25) is 0 Å². The van der Waals surface area contributed by atoms with Crippen molar-refractivity contribution in [3.05, 3.63) is 77.9 Å². The maximum absolute atomic E-state index is 12.2. The van der Waals surface area contributed by atoms with Gasteiger partial charge in [0.1, 0.15) is 5.75 Å². The van der Waals surface area contributed by atoms with Gasteiger partial charge in [-0.1, -0.05) is 67.6 Å². The third-order valence-corrected chi connectivity index (χ3v) is 4.13. The Morgan fingerprint density at radius 3 is 2.43 bits per heavy atom. The summed E-state index contributed by atoms with van der Waals surface area (Å²) in [6.45, 7) is 4.00. The van der Waals surface area contributed by atoms with Crippen LogP contribution in [0.4, 0.5) is 0 Å². The molecule has 3 rings (SSSR count). The average molecular weight is 304 g/mol. The SMILES string of the molecule is Cc1ccccc1OC(=O)CC(C)c1ccc2ccccc2c1. The van der Waals surface area contributed by atoms with Gasteiger partial charge in [0.25, 0.3) is 0 Å². The molecule has 0 N–H and O–H groups in total. The predicted octanol–water partition coefficient (Wildman–Crippen LogP) is 5.25. The van der Waals surface area contributed by atoms with Crippen LogP contribution < -0.4 is 4.74 Å². The zero-order valence-electron chi connectivity index (χ0n) is 13.5. The van der Waals surface area contributed by atoms with Crippen molar-refractivity contribution in [1.29, 1.82) is 0 Å². The van der Waals surface area contributed by atoms with Crippen LogP contribution in [0.2, 0.25) is 0 Å². The Morgan fingerprint density at radius 1 is 0.957 bits per heavy atom. The maximum Gasteiger partial charge on any atom is 0.311 e. The maximum atomic E-state index is 12.2. The molecular formula is C21H20O2. The van der Waals surface area contributed by atoms with E-state index in [0.29, 0.717) is 12.2 Å². The van der Waals surface area contributed by atoms with Gasteiger partial charge in [-0.25, -0.2) is 0 Å². The number of hydrogen-bond acceptors (Lipinski definition) is 2. The van der Waals surface area contributed by atoms with Gasteiger partial charge in [-0.15, -0.1) is 0 Å². The molecule has 1 unspecified atom stereocenters. The summed E-state index contributed by atoms with van der Waals surface area (Å²) in [5.74, 6) is 0.569. The highest BCUT2D eigenvalue weighted by molar-refractivity contribution is 5.83. The van der Waals surface area contributed by atoms with Gasteiger partial charge in [-0.3, -0.25) is 4.79 Å². The lowest BCUT2D eigenvalue weighted by Gasteiger charge is -2.13. The van der Waals surface area contributed by atoms with Gasteiger partial charge < -0.3 is 4.74 Å². The fraction of sp³-hybridized carbons (Fsp3) is 0.190. The predicted molar refractivity (Wildman–Crippen MR) is 93.8 cm³/mol. The fourth-order valence-electron chi connectivity index (χ4n) is 2.72. The van der Waals surface area contributed by atoms with E-state index in [4.69, 9.17) is 4.74 Å². The van der Waals surface area contributed by atoms with Crippen LogP contribution in [-0.2, 0) is 4.79 Å². The number of esters is 1. The van der Waals surface area contributed by atoms with Crippen LogP contribution in [0, 0.1) is 6.92 Å². The smallest absolute Gasteiger partial charge is 0.311 e. The van der Waals surface area contributed by atoms with E-state index in [1.807, 2.05) is 43.3 Å². The molecule has 1 atom stereocenters. The molecule has 2 nitrogen and oxygen atoms in total. The van der Waals surface area contributed by atoms with Crippen molar-refractivity contribution in [3.63, 3.8) is 0 Å². The fourth-order valence-corrected chi connectivity index (χ4v) is 2.72. The number of para-hydroxylation sites is 1. The molecule has 0 fully saturated rings. The first-order valence-corrected chi connectivity index (χ1v) is 7.88. The Morgan fingerprint density at radius 2 is 1.65 bits per heavy atom. The van der Waals surface area contributed by atoms with Gasteiger partial charge in [0.05, 0.1) is 6.42 Å². The zero-order chi connectivity index (χ0) is 16.2. The van der Waals surface area contributed by atoms with Crippen molar-refractivity contribution < 1.29 is 9.53 Å². The number of hydrogen-bond donors (Lipinski definition) is 0. The molecule has 23 heavy (non-hydrogen) atoms. The van der Waals surface area contributed by atoms with E-state index in [-0.39, 0.29) is 11.9 Å². The summed E-state index contributed by atoms with van der Waals surface area (Å²) in [6, 6.07) is 22.2.